The number of nitrogens with one attached hydrogen (secondary N) is 2. The van der Waals surface area contributed by atoms with Crippen LogP contribution in [-0.2, 0) is 4.79 Å². The number of carbonyl (C=O) groups is 2. The van der Waals surface area contributed by atoms with E-state index in [0.29, 0.717) is 22.1 Å². The average molecular weight is 377 g/mol. The number of hydrogen-bond donors (Lipinski definition) is 3. The molecule has 8 heteroatoms. The van der Waals surface area contributed by atoms with Gasteiger partial charge in [0.1, 0.15) is 11.8 Å². The molecule has 0 unspecified atom stereocenters. The van der Waals surface area contributed by atoms with Gasteiger partial charge in [0.15, 0.2) is 0 Å². The maximum atomic E-state index is 12.3. The maximum Gasteiger partial charge on any atom is 0.271 e. The Labute approximate surface area is 158 Å². The zero-order chi connectivity index (χ0) is 19.9. The molecule has 1 aromatic heterocycles. The molecule has 3 aromatic rings. The second kappa shape index (κ2) is 8.56. The third-order valence-electron chi connectivity index (χ3n) is 3.79. The van der Waals surface area contributed by atoms with Gasteiger partial charge in [0, 0.05) is 11.6 Å². The highest BCUT2D eigenvalue weighted by Gasteiger charge is 2.06. The van der Waals surface area contributed by atoms with Crippen LogP contribution in [-0.4, -0.2) is 23.2 Å². The van der Waals surface area contributed by atoms with Gasteiger partial charge < -0.3 is 4.42 Å². The average Bonchev–Trinajstić information content (AvgIpc) is 2.74. The van der Waals surface area contributed by atoms with E-state index in [1.54, 1.807) is 48.5 Å². The Kier molecular flexibility index (Phi) is 5.73. The Bertz CT molecular complexity index is 1130. The number of hydroxylamine groups is 1. The molecule has 0 bridgehead atoms. The molecule has 0 aliphatic rings. The van der Waals surface area contributed by atoms with Crippen LogP contribution in [0.4, 0.5) is 0 Å². The molecule has 0 radical (unpaired) electrons. The fraction of sp³-hybridized carbons (Fsp3) is 0. The molecule has 1 heterocycles. The van der Waals surface area contributed by atoms with Crippen LogP contribution in [0, 0.1) is 0 Å². The Hall–Kier alpha value is -4.04. The number of para-hydroxylation sites is 1. The summed E-state index contributed by atoms with van der Waals surface area (Å²) in [6.45, 7) is 0. The monoisotopic (exact) mass is 377 g/mol. The van der Waals surface area contributed by atoms with Gasteiger partial charge >= 0.3 is 0 Å². The van der Waals surface area contributed by atoms with Crippen LogP contribution < -0.4 is 16.3 Å². The van der Waals surface area contributed by atoms with Crippen LogP contribution in [0.15, 0.2) is 75.2 Å². The van der Waals surface area contributed by atoms with Crippen LogP contribution in [0.5, 0.6) is 0 Å². The zero-order valence-corrected chi connectivity index (χ0v) is 14.5. The van der Waals surface area contributed by atoms with E-state index in [0.717, 1.165) is 6.08 Å². The molecule has 0 saturated carbocycles. The predicted molar refractivity (Wildman–Crippen MR) is 103 cm³/mol. The van der Waals surface area contributed by atoms with Crippen molar-refractivity contribution in [1.82, 2.24) is 10.9 Å². The molecular weight excluding hydrogens is 362 g/mol. The lowest BCUT2D eigenvalue weighted by Crippen LogP contribution is -2.18. The van der Waals surface area contributed by atoms with Crippen molar-refractivity contribution in [2.45, 2.75) is 0 Å². The Morgan fingerprint density at radius 1 is 1.07 bits per heavy atom. The Morgan fingerprint density at radius 2 is 1.82 bits per heavy atom. The van der Waals surface area contributed by atoms with Crippen LogP contribution in [0.1, 0.15) is 21.5 Å². The number of benzene rings is 2. The van der Waals surface area contributed by atoms with E-state index in [1.807, 2.05) is 0 Å². The van der Waals surface area contributed by atoms with Crippen molar-refractivity contribution in [3.8, 4) is 0 Å². The molecule has 0 fully saturated rings. The molecule has 0 aliphatic heterocycles. The van der Waals surface area contributed by atoms with Crippen molar-refractivity contribution in [1.29, 1.82) is 0 Å². The molecule has 8 nitrogen and oxygen atoms in total. The first-order valence-corrected chi connectivity index (χ1v) is 8.14. The SMILES string of the molecule is O=C(/C=C/c1ccc(C(=O)N/N=C/c2coc3ccccc3c2=O)cc1)NO. The minimum absolute atomic E-state index is 0.210. The van der Waals surface area contributed by atoms with Gasteiger partial charge in [0.2, 0.25) is 5.43 Å². The second-order valence-corrected chi connectivity index (χ2v) is 5.65. The van der Waals surface area contributed by atoms with Crippen LogP contribution in [0.2, 0.25) is 0 Å². The molecular formula is C20H15N3O5. The van der Waals surface area contributed by atoms with Crippen LogP contribution in [0.3, 0.4) is 0 Å². The lowest BCUT2D eigenvalue weighted by atomic mass is 10.1. The molecule has 2 amide bonds. The molecule has 0 saturated heterocycles. The van der Waals surface area contributed by atoms with Gasteiger partial charge in [0.25, 0.3) is 11.8 Å². The van der Waals surface area contributed by atoms with Gasteiger partial charge in [-0.05, 0) is 35.9 Å². The zero-order valence-electron chi connectivity index (χ0n) is 14.5. The van der Waals surface area contributed by atoms with E-state index >= 15 is 0 Å². The number of hydrogen-bond acceptors (Lipinski definition) is 6. The highest BCUT2D eigenvalue weighted by molar-refractivity contribution is 5.95. The molecule has 3 N–H and O–H groups in total. The summed E-state index contributed by atoms with van der Waals surface area (Å²) < 4.78 is 5.37. The van der Waals surface area contributed by atoms with Gasteiger partial charge in [-0.2, -0.15) is 5.10 Å². The third kappa shape index (κ3) is 4.37. The first kappa shape index (κ1) is 18.7. The van der Waals surface area contributed by atoms with E-state index in [4.69, 9.17) is 9.62 Å². The molecule has 28 heavy (non-hydrogen) atoms. The molecule has 140 valence electrons. The first-order valence-electron chi connectivity index (χ1n) is 8.14. The molecule has 0 spiro atoms. The number of nitrogens with zero attached hydrogens (tertiary/aromatic N) is 1. The van der Waals surface area contributed by atoms with Gasteiger partial charge in [-0.1, -0.05) is 24.3 Å². The Morgan fingerprint density at radius 3 is 2.57 bits per heavy atom. The normalized spacial score (nSPS) is 11.2. The van der Waals surface area contributed by atoms with Crippen molar-refractivity contribution in [3.63, 3.8) is 0 Å². The van der Waals surface area contributed by atoms with Gasteiger partial charge in [-0.15, -0.1) is 0 Å². The van der Waals surface area contributed by atoms with E-state index in [-0.39, 0.29) is 11.0 Å². The minimum Gasteiger partial charge on any atom is -0.463 e. The van der Waals surface area contributed by atoms with Crippen molar-refractivity contribution < 1.29 is 19.2 Å². The molecule has 3 rings (SSSR count). The van der Waals surface area contributed by atoms with E-state index in [1.165, 1.54) is 24.0 Å². The third-order valence-corrected chi connectivity index (χ3v) is 3.79. The summed E-state index contributed by atoms with van der Waals surface area (Å²) >= 11 is 0. The second-order valence-electron chi connectivity index (χ2n) is 5.65. The van der Waals surface area contributed by atoms with Gasteiger partial charge in [0.05, 0.1) is 17.2 Å². The Balaban J connectivity index is 1.67. The fourth-order valence-electron chi connectivity index (χ4n) is 2.36. The number of amides is 2. The van der Waals surface area contributed by atoms with Crippen molar-refractivity contribution in [2.24, 2.45) is 5.10 Å². The van der Waals surface area contributed by atoms with E-state index < -0.39 is 11.8 Å². The van der Waals surface area contributed by atoms with Crippen molar-refractivity contribution >= 4 is 35.1 Å². The summed E-state index contributed by atoms with van der Waals surface area (Å²) in [6.07, 6.45) is 5.13. The smallest absolute Gasteiger partial charge is 0.271 e. The summed E-state index contributed by atoms with van der Waals surface area (Å²) in [5.74, 6) is -1.13. The van der Waals surface area contributed by atoms with Crippen LogP contribution >= 0.6 is 0 Å². The highest BCUT2D eigenvalue weighted by Crippen LogP contribution is 2.09. The molecule has 0 aliphatic carbocycles. The van der Waals surface area contributed by atoms with E-state index in [2.05, 4.69) is 10.5 Å². The van der Waals surface area contributed by atoms with E-state index in [9.17, 15) is 14.4 Å². The van der Waals surface area contributed by atoms with Gasteiger partial charge in [-0.3, -0.25) is 19.6 Å². The number of carbonyl (C=O) groups excluding carboxylic acids is 2. The number of hydrazone groups is 1. The van der Waals surface area contributed by atoms with Crippen LogP contribution in [0.25, 0.3) is 17.0 Å². The van der Waals surface area contributed by atoms with Crippen molar-refractivity contribution in [3.05, 3.63) is 87.8 Å². The summed E-state index contributed by atoms with van der Waals surface area (Å²) in [6, 6.07) is 13.2. The summed E-state index contributed by atoms with van der Waals surface area (Å²) in [4.78, 5) is 35.4. The molecule has 0 atom stereocenters. The van der Waals surface area contributed by atoms with Crippen molar-refractivity contribution in [2.75, 3.05) is 0 Å². The summed E-state index contributed by atoms with van der Waals surface area (Å²) in [7, 11) is 0. The number of rotatable bonds is 5. The molecule has 2 aromatic carbocycles. The maximum absolute atomic E-state index is 12.3. The summed E-state index contributed by atoms with van der Waals surface area (Å²) in [5.41, 5.74) is 5.25. The minimum atomic E-state index is -0.658. The summed E-state index contributed by atoms with van der Waals surface area (Å²) in [5, 5.41) is 12.6. The fourth-order valence-corrected chi connectivity index (χ4v) is 2.36. The largest absolute Gasteiger partial charge is 0.463 e. The quantitative estimate of drug-likeness (QED) is 0.272. The number of fused-ring (bicyclic) bond motifs is 1. The standard InChI is InChI=1S/C20H15N3O5/c24-18(23-27)10-7-13-5-8-14(9-6-13)20(26)22-21-11-15-12-28-17-4-2-1-3-16(17)19(15)25/h1-12,27H,(H,22,26)(H,23,24)/b10-7+,21-11+. The highest BCUT2D eigenvalue weighted by atomic mass is 16.5. The van der Waals surface area contributed by atoms with Gasteiger partial charge in [-0.25, -0.2) is 10.9 Å². The first-order chi connectivity index (χ1) is 13.6. The topological polar surface area (TPSA) is 121 Å². The lowest BCUT2D eigenvalue weighted by Gasteiger charge is -2.01. The lowest BCUT2D eigenvalue weighted by molar-refractivity contribution is -0.124. The predicted octanol–water partition coefficient (Wildman–Crippen LogP) is 2.08.